The van der Waals surface area contributed by atoms with Crippen molar-refractivity contribution >= 4 is 11.9 Å². The normalized spacial score (nSPS) is 13.8. The van der Waals surface area contributed by atoms with Crippen LogP contribution in [0.5, 0.6) is 11.5 Å². The van der Waals surface area contributed by atoms with Gasteiger partial charge in [0.2, 0.25) is 0 Å². The lowest BCUT2D eigenvalue weighted by Crippen LogP contribution is -2.21. The minimum absolute atomic E-state index is 0.158. The Hall–Kier alpha value is -2.53. The lowest BCUT2D eigenvalue weighted by molar-refractivity contribution is 0.154. The van der Waals surface area contributed by atoms with Gasteiger partial charge >= 0.3 is 0 Å². The number of anilines is 1. The number of hydrogen-bond acceptors (Lipinski definition) is 5. The van der Waals surface area contributed by atoms with Gasteiger partial charge in [0.25, 0.3) is 0 Å². The SMILES string of the molecule is CCN(CC)c1ccc(C=N[C@H](C)[C@@H](O)c2ccc(O)cc2)c(O)c1. The number of rotatable bonds is 7. The summed E-state index contributed by atoms with van der Waals surface area (Å²) in [6.45, 7) is 7.69. The van der Waals surface area contributed by atoms with Crippen molar-refractivity contribution < 1.29 is 15.3 Å². The fraction of sp³-hybridized carbons (Fsp3) is 0.350. The van der Waals surface area contributed by atoms with E-state index in [0.717, 1.165) is 18.8 Å². The minimum atomic E-state index is -0.783. The Balaban J connectivity index is 2.11. The number of aliphatic imine (C=N–C) groups is 1. The van der Waals surface area contributed by atoms with Crippen molar-refractivity contribution in [3.8, 4) is 11.5 Å². The summed E-state index contributed by atoms with van der Waals surface area (Å²) in [5, 5.41) is 29.9. The molecule has 5 nitrogen and oxygen atoms in total. The third kappa shape index (κ3) is 4.73. The maximum absolute atomic E-state index is 10.3. The van der Waals surface area contributed by atoms with E-state index in [0.29, 0.717) is 11.1 Å². The van der Waals surface area contributed by atoms with Gasteiger partial charge in [-0.25, -0.2) is 0 Å². The molecule has 0 saturated heterocycles. The van der Waals surface area contributed by atoms with Gasteiger partial charge in [-0.05, 0) is 50.6 Å². The minimum Gasteiger partial charge on any atom is -0.508 e. The van der Waals surface area contributed by atoms with Crippen molar-refractivity contribution in [2.45, 2.75) is 32.9 Å². The van der Waals surface area contributed by atoms with Gasteiger partial charge in [0.1, 0.15) is 17.6 Å². The summed E-state index contributed by atoms with van der Waals surface area (Å²) in [5.74, 6) is 0.324. The van der Waals surface area contributed by atoms with E-state index >= 15 is 0 Å². The molecule has 0 bridgehead atoms. The Morgan fingerprint density at radius 1 is 1.04 bits per heavy atom. The summed E-state index contributed by atoms with van der Waals surface area (Å²) in [6.07, 6.45) is 0.796. The molecule has 5 heteroatoms. The average Bonchev–Trinajstić information content (AvgIpc) is 2.62. The molecule has 0 spiro atoms. The number of phenols is 2. The van der Waals surface area contributed by atoms with Crippen LogP contribution in [0.1, 0.15) is 38.0 Å². The van der Waals surface area contributed by atoms with Crippen LogP contribution in [0.15, 0.2) is 47.5 Å². The average molecular weight is 342 g/mol. The Bertz CT molecular complexity index is 709. The van der Waals surface area contributed by atoms with Gasteiger partial charge < -0.3 is 20.2 Å². The van der Waals surface area contributed by atoms with E-state index in [9.17, 15) is 15.3 Å². The quantitative estimate of drug-likeness (QED) is 0.673. The van der Waals surface area contributed by atoms with Crippen LogP contribution in [0, 0.1) is 0 Å². The lowest BCUT2D eigenvalue weighted by Gasteiger charge is -2.21. The standard InChI is InChI=1S/C20H26N2O3/c1-4-22(5-2)17-9-6-16(19(24)12-17)13-21-14(3)20(25)15-7-10-18(23)11-8-15/h6-14,20,23-25H,4-5H2,1-3H3/t14-,20-/m1/s1. The number of nitrogens with zero attached hydrogens (tertiary/aromatic N) is 2. The first-order valence-corrected chi connectivity index (χ1v) is 8.54. The van der Waals surface area contributed by atoms with Crippen molar-refractivity contribution in [2.75, 3.05) is 18.0 Å². The second-order valence-corrected chi connectivity index (χ2v) is 5.97. The smallest absolute Gasteiger partial charge is 0.126 e. The highest BCUT2D eigenvalue weighted by Gasteiger charge is 2.15. The first kappa shape index (κ1) is 18.8. The van der Waals surface area contributed by atoms with Crippen LogP contribution in [0.3, 0.4) is 0 Å². The molecule has 0 aliphatic rings. The van der Waals surface area contributed by atoms with E-state index < -0.39 is 6.10 Å². The molecule has 25 heavy (non-hydrogen) atoms. The highest BCUT2D eigenvalue weighted by Crippen LogP contribution is 2.25. The largest absolute Gasteiger partial charge is 0.508 e. The Labute approximate surface area is 148 Å². The zero-order valence-electron chi connectivity index (χ0n) is 14.9. The molecule has 3 N–H and O–H groups in total. The number of aliphatic hydroxyl groups is 1. The number of hydrogen-bond donors (Lipinski definition) is 3. The fourth-order valence-corrected chi connectivity index (χ4v) is 2.66. The van der Waals surface area contributed by atoms with Gasteiger partial charge in [-0.3, -0.25) is 4.99 Å². The highest BCUT2D eigenvalue weighted by atomic mass is 16.3. The van der Waals surface area contributed by atoms with Gasteiger partial charge in [-0.2, -0.15) is 0 Å². The predicted molar refractivity (Wildman–Crippen MR) is 102 cm³/mol. The third-order valence-corrected chi connectivity index (χ3v) is 4.28. The molecule has 0 saturated carbocycles. The number of aliphatic hydroxyl groups excluding tert-OH is 1. The lowest BCUT2D eigenvalue weighted by atomic mass is 10.0. The Morgan fingerprint density at radius 3 is 2.24 bits per heavy atom. The Kier molecular flexibility index (Phi) is 6.42. The fourth-order valence-electron chi connectivity index (χ4n) is 2.66. The molecule has 2 aromatic rings. The molecular weight excluding hydrogens is 316 g/mol. The molecule has 0 unspecified atom stereocenters. The third-order valence-electron chi connectivity index (χ3n) is 4.28. The molecule has 0 aliphatic carbocycles. The first-order chi connectivity index (χ1) is 12.0. The van der Waals surface area contributed by atoms with Gasteiger partial charge in [0.05, 0.1) is 6.04 Å². The van der Waals surface area contributed by atoms with Crippen LogP contribution in [0.2, 0.25) is 0 Å². The number of aromatic hydroxyl groups is 2. The summed E-state index contributed by atoms with van der Waals surface area (Å²) >= 11 is 0. The van der Waals surface area contributed by atoms with Crippen LogP contribution in [0.25, 0.3) is 0 Å². The van der Waals surface area contributed by atoms with Crippen LogP contribution in [0.4, 0.5) is 5.69 Å². The molecule has 0 fully saturated rings. The summed E-state index contributed by atoms with van der Waals surface area (Å²) in [6, 6.07) is 11.5. The summed E-state index contributed by atoms with van der Waals surface area (Å²) in [5.41, 5.74) is 2.26. The van der Waals surface area contributed by atoms with E-state index in [1.165, 1.54) is 12.1 Å². The van der Waals surface area contributed by atoms with E-state index in [2.05, 4.69) is 23.7 Å². The number of benzene rings is 2. The van der Waals surface area contributed by atoms with Gasteiger partial charge in [-0.1, -0.05) is 12.1 Å². The molecule has 0 heterocycles. The monoisotopic (exact) mass is 342 g/mol. The zero-order valence-corrected chi connectivity index (χ0v) is 14.9. The molecule has 0 radical (unpaired) electrons. The molecule has 2 atom stereocenters. The van der Waals surface area contributed by atoms with Crippen molar-refractivity contribution in [3.05, 3.63) is 53.6 Å². The van der Waals surface area contributed by atoms with Crippen LogP contribution in [-0.2, 0) is 0 Å². The van der Waals surface area contributed by atoms with Crippen LogP contribution >= 0.6 is 0 Å². The van der Waals surface area contributed by atoms with E-state index in [1.54, 1.807) is 31.3 Å². The maximum atomic E-state index is 10.3. The van der Waals surface area contributed by atoms with E-state index in [4.69, 9.17) is 0 Å². The van der Waals surface area contributed by atoms with Crippen molar-refractivity contribution in [1.82, 2.24) is 0 Å². The van der Waals surface area contributed by atoms with Gasteiger partial charge in [-0.15, -0.1) is 0 Å². The van der Waals surface area contributed by atoms with E-state index in [1.807, 2.05) is 12.1 Å². The van der Waals surface area contributed by atoms with Gasteiger partial charge in [0.15, 0.2) is 0 Å². The summed E-state index contributed by atoms with van der Waals surface area (Å²) < 4.78 is 0. The Morgan fingerprint density at radius 2 is 1.68 bits per heavy atom. The molecule has 2 rings (SSSR count). The molecule has 2 aromatic carbocycles. The second kappa shape index (κ2) is 8.53. The van der Waals surface area contributed by atoms with Crippen molar-refractivity contribution in [3.63, 3.8) is 0 Å². The molecule has 0 amide bonds. The van der Waals surface area contributed by atoms with Crippen molar-refractivity contribution in [1.29, 1.82) is 0 Å². The van der Waals surface area contributed by atoms with Crippen LogP contribution in [-0.4, -0.2) is 40.7 Å². The van der Waals surface area contributed by atoms with Gasteiger partial charge in [0, 0.05) is 36.6 Å². The zero-order chi connectivity index (χ0) is 18.4. The van der Waals surface area contributed by atoms with Crippen molar-refractivity contribution in [2.24, 2.45) is 4.99 Å². The predicted octanol–water partition coefficient (Wildman–Crippen LogP) is 3.49. The second-order valence-electron chi connectivity index (χ2n) is 5.97. The highest BCUT2D eigenvalue weighted by molar-refractivity contribution is 5.84. The molecule has 134 valence electrons. The number of phenolic OH excluding ortho intramolecular Hbond substituents is 2. The first-order valence-electron chi connectivity index (χ1n) is 8.54. The van der Waals surface area contributed by atoms with Crippen LogP contribution < -0.4 is 4.90 Å². The summed E-state index contributed by atoms with van der Waals surface area (Å²) in [4.78, 5) is 6.51. The summed E-state index contributed by atoms with van der Waals surface area (Å²) in [7, 11) is 0. The van der Waals surface area contributed by atoms with E-state index in [-0.39, 0.29) is 17.5 Å². The maximum Gasteiger partial charge on any atom is 0.126 e. The molecular formula is C20H26N2O3. The molecule has 0 aliphatic heterocycles. The topological polar surface area (TPSA) is 76.3 Å². The molecule has 0 aromatic heterocycles.